The van der Waals surface area contributed by atoms with Crippen molar-refractivity contribution in [1.82, 2.24) is 0 Å². The van der Waals surface area contributed by atoms with Crippen LogP contribution in [0.4, 0.5) is 4.39 Å². The lowest BCUT2D eigenvalue weighted by atomic mass is 10.0. The van der Waals surface area contributed by atoms with Gasteiger partial charge in [-0.3, -0.25) is 0 Å². The van der Waals surface area contributed by atoms with Gasteiger partial charge >= 0.3 is 0 Å². The van der Waals surface area contributed by atoms with Gasteiger partial charge in [-0.05, 0) is 6.92 Å². The van der Waals surface area contributed by atoms with E-state index in [1.165, 1.54) is 19.1 Å². The molecule has 0 bridgehead atoms. The third-order valence-electron chi connectivity index (χ3n) is 1.78. The highest BCUT2D eigenvalue weighted by molar-refractivity contribution is 5.19. The molecule has 3 heteroatoms. The minimum atomic E-state index is -2.44. The Morgan fingerprint density at radius 3 is 2.38 bits per heavy atom. The Labute approximate surface area is 76.6 Å². The molecule has 0 saturated carbocycles. The van der Waals surface area contributed by atoms with Gasteiger partial charge in [0.1, 0.15) is 0 Å². The molecule has 0 fully saturated rings. The maximum atomic E-state index is 13.5. The first kappa shape index (κ1) is 10.2. The highest BCUT2D eigenvalue weighted by Gasteiger charge is 2.29. The van der Waals surface area contributed by atoms with Crippen molar-refractivity contribution < 1.29 is 14.6 Å². The Morgan fingerprint density at radius 1 is 1.38 bits per heavy atom. The zero-order chi connectivity index (χ0) is 9.90. The maximum absolute atomic E-state index is 13.5. The van der Waals surface area contributed by atoms with E-state index >= 15 is 0 Å². The van der Waals surface area contributed by atoms with Crippen molar-refractivity contribution in [3.63, 3.8) is 0 Å². The normalized spacial score (nSPS) is 17.8. The number of hydrogen-bond donors (Lipinski definition) is 2. The second kappa shape index (κ2) is 3.85. The molecule has 0 amide bonds. The lowest BCUT2D eigenvalue weighted by Crippen LogP contribution is -2.24. The summed E-state index contributed by atoms with van der Waals surface area (Å²) in [6.45, 7) is 1.44. The Kier molecular flexibility index (Phi) is 3.01. The van der Waals surface area contributed by atoms with E-state index in [9.17, 15) is 9.50 Å². The van der Waals surface area contributed by atoms with Crippen molar-refractivity contribution in [1.29, 1.82) is 0 Å². The molecular formula is C10H13FO2. The lowest BCUT2D eigenvalue weighted by molar-refractivity contribution is -0.121. The molecule has 0 aliphatic heterocycles. The van der Waals surface area contributed by atoms with Crippen molar-refractivity contribution in [2.75, 3.05) is 0 Å². The number of hydrogen-bond acceptors (Lipinski definition) is 2. The van der Waals surface area contributed by atoms with Gasteiger partial charge in [0, 0.05) is 12.0 Å². The summed E-state index contributed by atoms with van der Waals surface area (Å²) >= 11 is 0. The second-order valence-corrected chi connectivity index (χ2v) is 3.18. The van der Waals surface area contributed by atoms with Crippen LogP contribution >= 0.6 is 0 Å². The number of aliphatic hydroxyl groups excluding tert-OH is 1. The third kappa shape index (κ3) is 2.79. The number of benzene rings is 1. The van der Waals surface area contributed by atoms with E-state index < -0.39 is 12.0 Å². The number of halogens is 1. The van der Waals surface area contributed by atoms with Crippen LogP contribution in [0.2, 0.25) is 0 Å². The maximum Gasteiger partial charge on any atom is 0.235 e. The zero-order valence-corrected chi connectivity index (χ0v) is 7.44. The molecule has 1 aromatic carbocycles. The first-order valence-electron chi connectivity index (χ1n) is 4.17. The molecule has 0 spiro atoms. The number of aliphatic hydroxyl groups is 2. The van der Waals surface area contributed by atoms with E-state index in [4.69, 9.17) is 5.11 Å². The van der Waals surface area contributed by atoms with Gasteiger partial charge in [0.25, 0.3) is 0 Å². The highest BCUT2D eigenvalue weighted by Crippen LogP contribution is 2.27. The van der Waals surface area contributed by atoms with Crippen molar-refractivity contribution >= 4 is 0 Å². The van der Waals surface area contributed by atoms with E-state index in [1.54, 1.807) is 18.2 Å². The summed E-state index contributed by atoms with van der Waals surface area (Å²) in [5, 5.41) is 18.3. The van der Waals surface area contributed by atoms with E-state index in [0.717, 1.165) is 0 Å². The lowest BCUT2D eigenvalue weighted by Gasteiger charge is -2.20. The minimum absolute atomic E-state index is 0.177. The highest BCUT2D eigenvalue weighted by atomic mass is 19.2. The summed E-state index contributed by atoms with van der Waals surface area (Å²) in [6.07, 6.45) is -1.17. The molecule has 0 aromatic heterocycles. The smallest absolute Gasteiger partial charge is 0.235 e. The van der Waals surface area contributed by atoms with Crippen LogP contribution in [0, 0.1) is 0 Å². The van der Waals surface area contributed by atoms with Gasteiger partial charge in [-0.1, -0.05) is 30.3 Å². The zero-order valence-electron chi connectivity index (χ0n) is 7.44. The molecule has 0 aliphatic carbocycles. The van der Waals surface area contributed by atoms with Crippen LogP contribution in [-0.2, 0) is 5.85 Å². The third-order valence-corrected chi connectivity index (χ3v) is 1.78. The predicted octanol–water partition coefficient (Wildman–Crippen LogP) is 1.57. The minimum Gasteiger partial charge on any atom is -0.393 e. The van der Waals surface area contributed by atoms with Gasteiger partial charge in [0.2, 0.25) is 5.85 Å². The average Bonchev–Trinajstić information content (AvgIpc) is 2.04. The molecular weight excluding hydrogens is 171 g/mol. The first-order chi connectivity index (χ1) is 6.02. The SMILES string of the molecule is CC(O)CC(O)(F)c1ccccc1. The Balaban J connectivity index is 2.81. The quantitative estimate of drug-likeness (QED) is 0.748. The van der Waals surface area contributed by atoms with E-state index in [0.29, 0.717) is 0 Å². The first-order valence-corrected chi connectivity index (χ1v) is 4.17. The summed E-state index contributed by atoms with van der Waals surface area (Å²) < 4.78 is 13.5. The number of alkyl halides is 1. The van der Waals surface area contributed by atoms with Crippen LogP contribution in [0.3, 0.4) is 0 Å². The fourth-order valence-corrected chi connectivity index (χ4v) is 1.20. The molecule has 2 unspecified atom stereocenters. The average molecular weight is 184 g/mol. The second-order valence-electron chi connectivity index (χ2n) is 3.18. The van der Waals surface area contributed by atoms with Crippen LogP contribution in [0.5, 0.6) is 0 Å². The fraction of sp³-hybridized carbons (Fsp3) is 0.400. The summed E-state index contributed by atoms with van der Waals surface area (Å²) in [7, 11) is 0. The van der Waals surface area contributed by atoms with E-state index in [-0.39, 0.29) is 12.0 Å². The van der Waals surface area contributed by atoms with Crippen LogP contribution in [0.1, 0.15) is 18.9 Å². The van der Waals surface area contributed by atoms with Crippen LogP contribution < -0.4 is 0 Å². The Morgan fingerprint density at radius 2 is 1.92 bits per heavy atom. The topological polar surface area (TPSA) is 40.5 Å². The van der Waals surface area contributed by atoms with Crippen LogP contribution in [-0.4, -0.2) is 16.3 Å². The Bertz CT molecular complexity index is 257. The van der Waals surface area contributed by atoms with Gasteiger partial charge in [-0.2, -0.15) is 0 Å². The van der Waals surface area contributed by atoms with E-state index in [2.05, 4.69) is 0 Å². The Hall–Kier alpha value is -0.930. The largest absolute Gasteiger partial charge is 0.393 e. The van der Waals surface area contributed by atoms with Gasteiger partial charge in [0.05, 0.1) is 6.10 Å². The van der Waals surface area contributed by atoms with Crippen molar-refractivity contribution in [2.24, 2.45) is 0 Å². The molecule has 2 N–H and O–H groups in total. The van der Waals surface area contributed by atoms with E-state index in [1.807, 2.05) is 0 Å². The molecule has 72 valence electrons. The molecule has 2 nitrogen and oxygen atoms in total. The molecule has 1 rings (SSSR count). The number of rotatable bonds is 3. The molecule has 2 atom stereocenters. The monoisotopic (exact) mass is 184 g/mol. The van der Waals surface area contributed by atoms with Crippen LogP contribution in [0.25, 0.3) is 0 Å². The summed E-state index contributed by atoms with van der Waals surface area (Å²) in [4.78, 5) is 0. The standard InChI is InChI=1S/C10H13FO2/c1-8(12)7-10(11,13)9-5-3-2-4-6-9/h2-6,8,12-13H,7H2,1H3. The summed E-state index contributed by atoms with van der Waals surface area (Å²) in [5.41, 5.74) is 0.177. The molecule has 13 heavy (non-hydrogen) atoms. The summed E-state index contributed by atoms with van der Waals surface area (Å²) in [5.74, 6) is -2.44. The van der Waals surface area contributed by atoms with Gasteiger partial charge in [-0.15, -0.1) is 0 Å². The van der Waals surface area contributed by atoms with Crippen LogP contribution in [0.15, 0.2) is 30.3 Å². The summed E-state index contributed by atoms with van der Waals surface area (Å²) in [6, 6.07) is 8.00. The van der Waals surface area contributed by atoms with Gasteiger partial charge < -0.3 is 10.2 Å². The van der Waals surface area contributed by atoms with Crippen molar-refractivity contribution in [2.45, 2.75) is 25.3 Å². The predicted molar refractivity (Wildman–Crippen MR) is 47.7 cm³/mol. The van der Waals surface area contributed by atoms with Gasteiger partial charge in [0.15, 0.2) is 0 Å². The van der Waals surface area contributed by atoms with Crippen molar-refractivity contribution in [3.05, 3.63) is 35.9 Å². The molecule has 1 aromatic rings. The van der Waals surface area contributed by atoms with Gasteiger partial charge in [-0.25, -0.2) is 4.39 Å². The molecule has 0 saturated heterocycles. The molecule has 0 heterocycles. The van der Waals surface area contributed by atoms with Crippen molar-refractivity contribution in [3.8, 4) is 0 Å². The fourth-order valence-electron chi connectivity index (χ4n) is 1.20. The molecule has 0 aliphatic rings. The molecule has 0 radical (unpaired) electrons.